The fourth-order valence-electron chi connectivity index (χ4n) is 5.22. The minimum Gasteiger partial charge on any atom is -0.432 e. The number of alkyl halides is 4. The summed E-state index contributed by atoms with van der Waals surface area (Å²) >= 11 is 0. The predicted molar refractivity (Wildman–Crippen MR) is 147 cm³/mol. The van der Waals surface area contributed by atoms with Gasteiger partial charge in [0, 0.05) is 17.8 Å². The zero-order chi connectivity index (χ0) is 34.2. The summed E-state index contributed by atoms with van der Waals surface area (Å²) in [6, 6.07) is 3.71. The zero-order valence-corrected chi connectivity index (χ0v) is 25.0. The number of rotatable bonds is 12. The normalized spacial score (nSPS) is 19.4. The Kier molecular flexibility index (Phi) is 9.43. The Morgan fingerprint density at radius 2 is 1.43 bits per heavy atom. The number of pyridine rings is 1. The second-order valence-corrected chi connectivity index (χ2v) is 13.5. The van der Waals surface area contributed by atoms with Gasteiger partial charge in [0.05, 0.1) is 17.6 Å². The molecule has 4 rings (SSSR count). The van der Waals surface area contributed by atoms with Crippen molar-refractivity contribution in [1.29, 1.82) is 0 Å². The van der Waals surface area contributed by atoms with Gasteiger partial charge in [-0.1, -0.05) is 45.3 Å². The van der Waals surface area contributed by atoms with E-state index in [1.54, 1.807) is 0 Å². The fraction of sp³-hybridized carbons (Fsp3) is 0.433. The van der Waals surface area contributed by atoms with Crippen LogP contribution < -0.4 is 4.74 Å². The molecule has 0 radical (unpaired) electrons. The summed E-state index contributed by atoms with van der Waals surface area (Å²) in [7, 11) is -10.4. The van der Waals surface area contributed by atoms with E-state index in [-0.39, 0.29) is 30.5 Å². The van der Waals surface area contributed by atoms with Gasteiger partial charge < -0.3 is 9.47 Å². The van der Waals surface area contributed by atoms with Crippen LogP contribution in [0.3, 0.4) is 0 Å². The number of unbranched alkanes of at least 4 members (excludes halogenated alkanes) is 2. The summed E-state index contributed by atoms with van der Waals surface area (Å²) in [5.74, 6) is -7.06. The number of ether oxygens (including phenoxy) is 2. The summed E-state index contributed by atoms with van der Waals surface area (Å²) in [6.07, 6.45) is -7.09. The molecular weight excluding hydrogens is 666 g/mol. The molecule has 0 saturated heterocycles. The lowest BCUT2D eigenvalue weighted by atomic mass is 9.86. The van der Waals surface area contributed by atoms with Gasteiger partial charge in [0.2, 0.25) is 0 Å². The van der Waals surface area contributed by atoms with Crippen molar-refractivity contribution in [3.8, 4) is 16.9 Å². The molecule has 3 aromatic rings. The molecule has 16 heteroatoms. The maximum atomic E-state index is 14.9. The molecule has 1 saturated carbocycles. The number of nitrogens with zero attached hydrogens (tertiary/aromatic N) is 1. The number of halogens is 12. The fourth-order valence-corrected chi connectivity index (χ4v) is 5.98. The number of aryl methyl sites for hydroxylation is 1. The molecule has 46 heavy (non-hydrogen) atoms. The van der Waals surface area contributed by atoms with Gasteiger partial charge in [-0.05, 0) is 74.4 Å². The van der Waals surface area contributed by atoms with Gasteiger partial charge in [-0.15, -0.1) is 0 Å². The summed E-state index contributed by atoms with van der Waals surface area (Å²) in [6.45, 7) is 1.98. The third-order valence-corrected chi connectivity index (χ3v) is 8.72. The maximum absolute atomic E-state index is 14.9. The lowest BCUT2D eigenvalue weighted by Gasteiger charge is -2.40. The minimum absolute atomic E-state index is 0.0968. The minimum atomic E-state index is -10.4. The largest absolute Gasteiger partial charge is 0.432 e. The number of hydrogen-bond donors (Lipinski definition) is 0. The smallest absolute Gasteiger partial charge is 0.400 e. The SMILES string of the molecule is CCCCCc1cc(F)c(-c2ccc(C(F)(F)OC3CCC(C(F)(F)Oc4ccc(S(F)(F)(F)(F)F)c(F)c4)CC3)nc2)c(F)c1. The molecule has 1 aliphatic carbocycles. The third-order valence-electron chi connectivity index (χ3n) is 7.56. The predicted octanol–water partition coefficient (Wildman–Crippen LogP) is 11.9. The van der Waals surface area contributed by atoms with E-state index >= 15 is 0 Å². The number of hydrogen-bond acceptors (Lipinski definition) is 3. The van der Waals surface area contributed by atoms with Crippen LogP contribution in [0.15, 0.2) is 53.6 Å². The highest BCUT2D eigenvalue weighted by Gasteiger charge is 2.67. The first-order chi connectivity index (χ1) is 21.1. The van der Waals surface area contributed by atoms with Crippen molar-refractivity contribution in [3.63, 3.8) is 0 Å². The highest BCUT2D eigenvalue weighted by molar-refractivity contribution is 8.45. The van der Waals surface area contributed by atoms with Crippen LogP contribution in [0.5, 0.6) is 5.75 Å². The summed E-state index contributed by atoms with van der Waals surface area (Å²) < 4.78 is 176. The Labute approximate surface area is 256 Å². The molecule has 1 heterocycles. The average molecular weight is 696 g/mol. The van der Waals surface area contributed by atoms with Crippen molar-refractivity contribution < 1.29 is 59.6 Å². The van der Waals surface area contributed by atoms with E-state index in [9.17, 15) is 50.2 Å². The van der Waals surface area contributed by atoms with Crippen LogP contribution in [0, 0.1) is 23.4 Å². The molecule has 2 aromatic carbocycles. The Morgan fingerprint density at radius 1 is 0.804 bits per heavy atom. The third kappa shape index (κ3) is 8.60. The molecule has 0 atom stereocenters. The zero-order valence-electron chi connectivity index (χ0n) is 24.1. The molecule has 1 fully saturated rings. The van der Waals surface area contributed by atoms with Gasteiger partial charge in [0.25, 0.3) is 0 Å². The summed E-state index contributed by atoms with van der Waals surface area (Å²) in [5.41, 5.74) is -0.985. The lowest BCUT2D eigenvalue weighted by Crippen LogP contribution is -2.39. The van der Waals surface area contributed by atoms with Gasteiger partial charge in [-0.2, -0.15) is 17.6 Å². The summed E-state index contributed by atoms with van der Waals surface area (Å²) in [5, 5.41) is 0. The van der Waals surface area contributed by atoms with Crippen molar-refractivity contribution >= 4 is 10.2 Å². The molecule has 0 aliphatic heterocycles. The van der Waals surface area contributed by atoms with E-state index in [0.717, 1.165) is 37.6 Å². The lowest BCUT2D eigenvalue weighted by molar-refractivity contribution is -0.286. The van der Waals surface area contributed by atoms with Crippen molar-refractivity contribution in [2.45, 2.75) is 81.5 Å². The first kappa shape index (κ1) is 35.7. The molecule has 0 bridgehead atoms. The van der Waals surface area contributed by atoms with Crippen LogP contribution in [0.1, 0.15) is 63.1 Å². The molecule has 0 spiro atoms. The van der Waals surface area contributed by atoms with E-state index < -0.39 is 92.7 Å². The van der Waals surface area contributed by atoms with Crippen molar-refractivity contribution in [2.24, 2.45) is 5.92 Å². The molecule has 256 valence electrons. The summed E-state index contributed by atoms with van der Waals surface area (Å²) in [4.78, 5) is 0.717. The van der Waals surface area contributed by atoms with Crippen LogP contribution in [-0.2, 0) is 17.3 Å². The van der Waals surface area contributed by atoms with Crippen LogP contribution in [0.25, 0.3) is 11.1 Å². The van der Waals surface area contributed by atoms with Gasteiger partial charge in [0.15, 0.2) is 0 Å². The van der Waals surface area contributed by atoms with Crippen LogP contribution in [-0.4, -0.2) is 17.2 Å². The second kappa shape index (κ2) is 12.1. The van der Waals surface area contributed by atoms with Gasteiger partial charge >= 0.3 is 22.4 Å². The van der Waals surface area contributed by atoms with Crippen molar-refractivity contribution in [3.05, 3.63) is 77.4 Å². The molecule has 1 aliphatic rings. The average Bonchev–Trinajstić information content (AvgIpc) is 2.91. The second-order valence-electron chi connectivity index (χ2n) is 11.2. The Bertz CT molecular complexity index is 1520. The molecule has 0 amide bonds. The Balaban J connectivity index is 1.36. The Hall–Kier alpha value is -3.14. The monoisotopic (exact) mass is 695 g/mol. The molecule has 3 nitrogen and oxygen atoms in total. The highest BCUT2D eigenvalue weighted by Crippen LogP contribution is 3.02. The van der Waals surface area contributed by atoms with E-state index in [1.165, 1.54) is 12.1 Å². The first-order valence-electron chi connectivity index (χ1n) is 14.2. The Morgan fingerprint density at radius 3 is 1.96 bits per heavy atom. The van der Waals surface area contributed by atoms with Crippen molar-refractivity contribution in [2.75, 3.05) is 0 Å². The van der Waals surface area contributed by atoms with Crippen molar-refractivity contribution in [1.82, 2.24) is 4.98 Å². The van der Waals surface area contributed by atoms with Crippen LogP contribution in [0.4, 0.5) is 50.2 Å². The molecule has 0 unspecified atom stereocenters. The number of aromatic nitrogens is 1. The molecule has 0 N–H and O–H groups in total. The van der Waals surface area contributed by atoms with E-state index in [0.29, 0.717) is 12.0 Å². The quantitative estimate of drug-likeness (QED) is 0.140. The number of benzene rings is 2. The molecular formula is C30H29F12NO2S. The van der Waals surface area contributed by atoms with E-state index in [2.05, 4.69) is 9.72 Å². The van der Waals surface area contributed by atoms with Crippen LogP contribution in [0.2, 0.25) is 0 Å². The van der Waals surface area contributed by atoms with Gasteiger partial charge in [-0.25, -0.2) is 13.2 Å². The van der Waals surface area contributed by atoms with E-state index in [1.807, 2.05) is 6.92 Å². The standard InChI is InChI=1S/C30H29F12NO2S/c1-2-3-4-5-18-14-24(32)28(25(33)15-18)19-6-13-27(43-17-19)30(36,37)44-21-9-7-20(8-10-21)29(34,35)45-22-11-12-26(23(31)16-22)46(38,39,40,41)42/h6,11-17,20-21H,2-5,7-10H2,1H3. The highest BCUT2D eigenvalue weighted by atomic mass is 32.5. The van der Waals surface area contributed by atoms with Gasteiger partial charge in [0.1, 0.15) is 33.8 Å². The topological polar surface area (TPSA) is 31.4 Å². The molecule has 1 aromatic heterocycles. The van der Waals surface area contributed by atoms with Gasteiger partial charge in [-0.3, -0.25) is 4.98 Å². The van der Waals surface area contributed by atoms with E-state index in [4.69, 9.17) is 4.74 Å². The maximum Gasteiger partial charge on any atom is 0.400 e. The first-order valence-corrected chi connectivity index (χ1v) is 16.2. The van der Waals surface area contributed by atoms with Crippen LogP contribution >= 0.6 is 10.2 Å².